The van der Waals surface area contributed by atoms with Gasteiger partial charge in [0.15, 0.2) is 6.20 Å². The summed E-state index contributed by atoms with van der Waals surface area (Å²) < 4.78 is 0. The Morgan fingerprint density at radius 1 is 1.16 bits per heavy atom. The van der Waals surface area contributed by atoms with Crippen molar-refractivity contribution in [2.75, 3.05) is 18.5 Å². The maximum Gasteiger partial charge on any atom is 0.203 e. The molecule has 0 aromatic carbocycles. The van der Waals surface area contributed by atoms with Crippen LogP contribution in [0.15, 0.2) is 42.6 Å². The molecule has 0 saturated heterocycles. The number of rotatable bonds is 5. The van der Waals surface area contributed by atoms with Crippen molar-refractivity contribution in [1.82, 2.24) is 4.98 Å². The zero-order valence-corrected chi connectivity index (χ0v) is 11.5. The second-order valence-corrected chi connectivity index (χ2v) is 4.49. The molecule has 0 spiro atoms. The predicted octanol–water partition coefficient (Wildman–Crippen LogP) is 2.91. The average molecular weight is 254 g/mol. The molecule has 2 aromatic heterocycles. The van der Waals surface area contributed by atoms with Crippen LogP contribution in [-0.4, -0.2) is 18.6 Å². The van der Waals surface area contributed by atoms with Gasteiger partial charge in [-0.05, 0) is 30.7 Å². The van der Waals surface area contributed by atoms with Crippen LogP contribution in [0.5, 0.6) is 0 Å². The predicted molar refractivity (Wildman–Crippen MR) is 79.7 cm³/mol. The number of aromatic amines is 1. The van der Waals surface area contributed by atoms with E-state index in [4.69, 9.17) is 0 Å². The second kappa shape index (κ2) is 6.69. The molecule has 0 saturated carbocycles. The highest BCUT2D eigenvalue weighted by molar-refractivity contribution is 5.65. The summed E-state index contributed by atoms with van der Waals surface area (Å²) in [7, 11) is 2.07. The SMILES string of the molecule is CCCN(C)c1cccc(/C=C/c2cccc[nH+]2)n1. The first-order valence-electron chi connectivity index (χ1n) is 6.62. The molecule has 19 heavy (non-hydrogen) atoms. The number of aromatic nitrogens is 2. The summed E-state index contributed by atoms with van der Waals surface area (Å²) in [4.78, 5) is 9.98. The molecule has 3 nitrogen and oxygen atoms in total. The van der Waals surface area contributed by atoms with E-state index in [0.29, 0.717) is 0 Å². The largest absolute Gasteiger partial charge is 0.360 e. The molecule has 0 amide bonds. The molecule has 0 unspecified atom stereocenters. The fourth-order valence-corrected chi connectivity index (χ4v) is 1.88. The van der Waals surface area contributed by atoms with Gasteiger partial charge in [0.25, 0.3) is 0 Å². The van der Waals surface area contributed by atoms with Gasteiger partial charge in [-0.15, -0.1) is 0 Å². The van der Waals surface area contributed by atoms with Gasteiger partial charge < -0.3 is 4.90 Å². The highest BCUT2D eigenvalue weighted by Gasteiger charge is 2.01. The highest BCUT2D eigenvalue weighted by atomic mass is 15.2. The lowest BCUT2D eigenvalue weighted by atomic mass is 10.2. The average Bonchev–Trinajstić information content (AvgIpc) is 2.47. The van der Waals surface area contributed by atoms with Crippen LogP contribution in [0, 0.1) is 0 Å². The minimum atomic E-state index is 0.970. The second-order valence-electron chi connectivity index (χ2n) is 4.49. The summed E-state index contributed by atoms with van der Waals surface area (Å²) in [5.74, 6) is 1.01. The molecular weight excluding hydrogens is 234 g/mol. The third kappa shape index (κ3) is 3.91. The Labute approximate surface area is 114 Å². The lowest BCUT2D eigenvalue weighted by Gasteiger charge is -2.17. The third-order valence-electron chi connectivity index (χ3n) is 2.87. The Bertz CT molecular complexity index is 535. The summed E-state index contributed by atoms with van der Waals surface area (Å²) in [6.07, 6.45) is 7.09. The van der Waals surface area contributed by atoms with Crippen molar-refractivity contribution in [2.45, 2.75) is 13.3 Å². The molecule has 0 radical (unpaired) electrons. The van der Waals surface area contributed by atoms with Crippen LogP contribution in [0.4, 0.5) is 5.82 Å². The van der Waals surface area contributed by atoms with Crippen LogP contribution in [0.1, 0.15) is 24.7 Å². The van der Waals surface area contributed by atoms with Crippen LogP contribution >= 0.6 is 0 Å². The summed E-state index contributed by atoms with van der Waals surface area (Å²) in [6, 6.07) is 12.1. The van der Waals surface area contributed by atoms with Crippen LogP contribution in [0.3, 0.4) is 0 Å². The number of hydrogen-bond donors (Lipinski definition) is 0. The van der Waals surface area contributed by atoms with E-state index in [2.05, 4.69) is 28.8 Å². The fourth-order valence-electron chi connectivity index (χ4n) is 1.88. The van der Waals surface area contributed by atoms with E-state index < -0.39 is 0 Å². The summed E-state index contributed by atoms with van der Waals surface area (Å²) in [5, 5.41) is 0. The smallest absolute Gasteiger partial charge is 0.203 e. The molecule has 0 atom stereocenters. The number of pyridine rings is 2. The van der Waals surface area contributed by atoms with E-state index in [-0.39, 0.29) is 0 Å². The van der Waals surface area contributed by atoms with Crippen molar-refractivity contribution in [3.05, 3.63) is 54.0 Å². The van der Waals surface area contributed by atoms with Crippen molar-refractivity contribution in [3.63, 3.8) is 0 Å². The van der Waals surface area contributed by atoms with Gasteiger partial charge >= 0.3 is 0 Å². The zero-order valence-electron chi connectivity index (χ0n) is 11.5. The van der Waals surface area contributed by atoms with E-state index in [1.54, 1.807) is 0 Å². The van der Waals surface area contributed by atoms with E-state index in [1.807, 2.05) is 54.7 Å². The Kier molecular flexibility index (Phi) is 4.67. The standard InChI is InChI=1S/C16H19N3/c1-3-13-19(2)16-9-6-8-15(18-16)11-10-14-7-4-5-12-17-14/h4-12H,3,13H2,1-2H3/p+1/b11-10+. The quantitative estimate of drug-likeness (QED) is 0.821. The first kappa shape index (κ1) is 13.3. The number of hydrogen-bond acceptors (Lipinski definition) is 2. The van der Waals surface area contributed by atoms with E-state index in [9.17, 15) is 0 Å². The Morgan fingerprint density at radius 3 is 2.79 bits per heavy atom. The van der Waals surface area contributed by atoms with Gasteiger partial charge in [-0.3, -0.25) is 0 Å². The maximum absolute atomic E-state index is 4.63. The molecule has 0 bridgehead atoms. The molecule has 98 valence electrons. The van der Waals surface area contributed by atoms with Gasteiger partial charge in [-0.2, -0.15) is 0 Å². The number of anilines is 1. The van der Waals surface area contributed by atoms with Crippen LogP contribution in [-0.2, 0) is 0 Å². The molecule has 0 aliphatic rings. The van der Waals surface area contributed by atoms with E-state index in [1.165, 1.54) is 0 Å². The normalized spacial score (nSPS) is 10.8. The first-order valence-corrected chi connectivity index (χ1v) is 6.62. The minimum absolute atomic E-state index is 0.970. The lowest BCUT2D eigenvalue weighted by Crippen LogP contribution is -2.19. The van der Waals surface area contributed by atoms with Gasteiger partial charge in [0, 0.05) is 31.8 Å². The van der Waals surface area contributed by atoms with Gasteiger partial charge in [0.05, 0.1) is 5.69 Å². The van der Waals surface area contributed by atoms with Gasteiger partial charge in [0.1, 0.15) is 5.82 Å². The summed E-state index contributed by atoms with van der Waals surface area (Å²) in [5.41, 5.74) is 2.04. The maximum atomic E-state index is 4.63. The number of H-pyrrole nitrogens is 1. The number of nitrogens with one attached hydrogen (secondary N) is 1. The van der Waals surface area contributed by atoms with Crippen molar-refractivity contribution < 1.29 is 4.98 Å². The first-order chi connectivity index (χ1) is 9.29. The topological polar surface area (TPSA) is 30.3 Å². The van der Waals surface area contributed by atoms with Gasteiger partial charge in [0.2, 0.25) is 5.69 Å². The molecule has 0 fully saturated rings. The Balaban J connectivity index is 2.13. The van der Waals surface area contributed by atoms with Crippen molar-refractivity contribution >= 4 is 18.0 Å². The van der Waals surface area contributed by atoms with E-state index >= 15 is 0 Å². The molecule has 2 heterocycles. The molecular formula is C16H20N3+. The zero-order chi connectivity index (χ0) is 13.5. The van der Waals surface area contributed by atoms with Crippen LogP contribution in [0.2, 0.25) is 0 Å². The molecule has 2 aromatic rings. The lowest BCUT2D eigenvalue weighted by molar-refractivity contribution is -0.380. The molecule has 0 aliphatic heterocycles. The highest BCUT2D eigenvalue weighted by Crippen LogP contribution is 2.11. The van der Waals surface area contributed by atoms with E-state index in [0.717, 1.165) is 30.2 Å². The van der Waals surface area contributed by atoms with Crippen molar-refractivity contribution in [1.29, 1.82) is 0 Å². The Hall–Kier alpha value is -2.16. The van der Waals surface area contributed by atoms with Gasteiger partial charge in [-0.25, -0.2) is 9.97 Å². The summed E-state index contributed by atoms with van der Waals surface area (Å²) in [6.45, 7) is 3.19. The minimum Gasteiger partial charge on any atom is -0.360 e. The molecule has 1 N–H and O–H groups in total. The molecule has 2 rings (SSSR count). The van der Waals surface area contributed by atoms with Crippen molar-refractivity contribution in [3.8, 4) is 0 Å². The van der Waals surface area contributed by atoms with Crippen LogP contribution < -0.4 is 9.88 Å². The summed E-state index contributed by atoms with van der Waals surface area (Å²) >= 11 is 0. The van der Waals surface area contributed by atoms with Crippen LogP contribution in [0.25, 0.3) is 12.2 Å². The number of nitrogens with zero attached hydrogens (tertiary/aromatic N) is 2. The third-order valence-corrected chi connectivity index (χ3v) is 2.87. The molecule has 3 heteroatoms. The fraction of sp³-hybridized carbons (Fsp3) is 0.250. The van der Waals surface area contributed by atoms with Crippen molar-refractivity contribution in [2.24, 2.45) is 0 Å². The monoisotopic (exact) mass is 254 g/mol. The van der Waals surface area contributed by atoms with Gasteiger partial charge in [-0.1, -0.05) is 13.0 Å². The Morgan fingerprint density at radius 2 is 2.05 bits per heavy atom. The molecule has 0 aliphatic carbocycles.